The molecule has 0 aliphatic rings. The van der Waals surface area contributed by atoms with Gasteiger partial charge in [0.05, 0.1) is 19.8 Å². The zero-order valence-corrected chi connectivity index (χ0v) is 16.2. The molecule has 1 amide bonds. The average Bonchev–Trinajstić information content (AvgIpc) is 2.67. The van der Waals surface area contributed by atoms with Crippen LogP contribution in [0, 0.1) is 0 Å². The van der Waals surface area contributed by atoms with Crippen LogP contribution in [0.25, 0.3) is 6.08 Å². The van der Waals surface area contributed by atoms with Crippen LogP contribution in [0.15, 0.2) is 42.5 Å². The van der Waals surface area contributed by atoms with Crippen molar-refractivity contribution in [2.24, 2.45) is 0 Å². The van der Waals surface area contributed by atoms with Crippen molar-refractivity contribution >= 4 is 18.0 Å². The van der Waals surface area contributed by atoms with E-state index in [1.54, 1.807) is 13.0 Å². The highest BCUT2D eigenvalue weighted by atomic mass is 16.5. The Balaban J connectivity index is 2.15. The van der Waals surface area contributed by atoms with Crippen molar-refractivity contribution in [1.82, 2.24) is 5.32 Å². The molecular formula is C21H29NO6. The first kappa shape index (κ1) is 23.4. The molecule has 1 rings (SSSR count). The topological polar surface area (TPSA) is 105 Å². The normalized spacial score (nSPS) is 10.9. The van der Waals surface area contributed by atoms with Gasteiger partial charge in [0.2, 0.25) is 5.91 Å². The van der Waals surface area contributed by atoms with Crippen molar-refractivity contribution in [2.45, 2.75) is 38.9 Å². The van der Waals surface area contributed by atoms with Gasteiger partial charge in [-0.05, 0) is 56.4 Å². The van der Waals surface area contributed by atoms with Gasteiger partial charge in [0.1, 0.15) is 5.75 Å². The zero-order chi connectivity index (χ0) is 20.8. The van der Waals surface area contributed by atoms with Crippen LogP contribution in [0.1, 0.15) is 38.2 Å². The zero-order valence-electron chi connectivity index (χ0n) is 16.2. The summed E-state index contributed by atoms with van der Waals surface area (Å²) in [5.41, 5.74) is 1.25. The molecule has 0 fully saturated rings. The fourth-order valence-electron chi connectivity index (χ4n) is 2.13. The first-order valence-corrected chi connectivity index (χ1v) is 9.26. The average molecular weight is 391 g/mol. The van der Waals surface area contributed by atoms with Crippen molar-refractivity contribution in [1.29, 1.82) is 0 Å². The first-order chi connectivity index (χ1) is 13.4. The molecule has 28 heavy (non-hydrogen) atoms. The Morgan fingerprint density at radius 3 is 2.36 bits per heavy atom. The first-order valence-electron chi connectivity index (χ1n) is 9.26. The van der Waals surface area contributed by atoms with E-state index in [9.17, 15) is 9.59 Å². The van der Waals surface area contributed by atoms with Crippen molar-refractivity contribution < 1.29 is 29.3 Å². The van der Waals surface area contributed by atoms with Gasteiger partial charge in [0, 0.05) is 11.6 Å². The van der Waals surface area contributed by atoms with Crippen molar-refractivity contribution in [3.63, 3.8) is 0 Å². The number of carbonyl (C=O) groups excluding carboxylic acids is 2. The van der Waals surface area contributed by atoms with E-state index in [1.807, 2.05) is 24.3 Å². The summed E-state index contributed by atoms with van der Waals surface area (Å²) in [6, 6.07) is 7.31. The molecule has 1 aromatic rings. The van der Waals surface area contributed by atoms with Crippen LogP contribution in [0.2, 0.25) is 0 Å². The minimum Gasteiger partial charge on any atom is -0.494 e. The number of amides is 1. The third kappa shape index (κ3) is 11.2. The predicted molar refractivity (Wildman–Crippen MR) is 106 cm³/mol. The molecule has 1 aromatic carbocycles. The quantitative estimate of drug-likeness (QED) is 0.206. The Kier molecular flexibility index (Phi) is 11.3. The number of esters is 1. The molecule has 0 radical (unpaired) electrons. The van der Waals surface area contributed by atoms with Crippen molar-refractivity contribution in [3.05, 3.63) is 48.1 Å². The van der Waals surface area contributed by atoms with E-state index in [2.05, 4.69) is 11.9 Å². The SMILES string of the molecule is C=C(C)C(=O)OCCCCCCOc1ccc(C=CC(=O)NCC(O)O)cc1. The van der Waals surface area contributed by atoms with Gasteiger partial charge in [0.25, 0.3) is 0 Å². The van der Waals surface area contributed by atoms with E-state index in [-0.39, 0.29) is 12.5 Å². The summed E-state index contributed by atoms with van der Waals surface area (Å²) in [7, 11) is 0. The highest BCUT2D eigenvalue weighted by molar-refractivity contribution is 5.91. The number of aliphatic hydroxyl groups is 2. The van der Waals surface area contributed by atoms with E-state index in [0.717, 1.165) is 37.0 Å². The molecule has 0 aliphatic heterocycles. The van der Waals surface area contributed by atoms with Crippen LogP contribution >= 0.6 is 0 Å². The molecule has 0 spiro atoms. The highest BCUT2D eigenvalue weighted by Crippen LogP contribution is 2.14. The van der Waals surface area contributed by atoms with Crippen LogP contribution in [0.3, 0.4) is 0 Å². The molecule has 0 unspecified atom stereocenters. The smallest absolute Gasteiger partial charge is 0.333 e. The van der Waals surface area contributed by atoms with E-state index in [0.29, 0.717) is 18.8 Å². The fraction of sp³-hybridized carbons (Fsp3) is 0.429. The fourth-order valence-corrected chi connectivity index (χ4v) is 2.13. The van der Waals surface area contributed by atoms with Gasteiger partial charge in [-0.2, -0.15) is 0 Å². The molecule has 154 valence electrons. The monoisotopic (exact) mass is 391 g/mol. The Hall–Kier alpha value is -2.64. The number of hydrogen-bond donors (Lipinski definition) is 3. The predicted octanol–water partition coefficient (Wildman–Crippen LogP) is 2.19. The largest absolute Gasteiger partial charge is 0.494 e. The highest BCUT2D eigenvalue weighted by Gasteiger charge is 2.02. The number of aliphatic hydroxyl groups excluding tert-OH is 1. The minimum absolute atomic E-state index is 0.213. The standard InChI is InChI=1S/C21H29NO6/c1-16(2)21(26)28-14-6-4-3-5-13-27-18-10-7-17(8-11-18)9-12-19(23)22-15-20(24)25/h7-12,20,24-25H,1,3-6,13-15H2,2H3,(H,22,23). The number of ether oxygens (including phenoxy) is 2. The lowest BCUT2D eigenvalue weighted by molar-refractivity contribution is -0.139. The molecule has 0 heterocycles. The molecule has 7 nitrogen and oxygen atoms in total. The van der Waals surface area contributed by atoms with E-state index >= 15 is 0 Å². The molecule has 0 aromatic heterocycles. The van der Waals surface area contributed by atoms with Gasteiger partial charge in [-0.25, -0.2) is 4.79 Å². The maximum Gasteiger partial charge on any atom is 0.333 e. The van der Waals surface area contributed by atoms with E-state index < -0.39 is 12.2 Å². The summed E-state index contributed by atoms with van der Waals surface area (Å²) in [5.74, 6) is 0.00873. The maximum absolute atomic E-state index is 11.4. The lowest BCUT2D eigenvalue weighted by Crippen LogP contribution is -2.30. The number of carbonyl (C=O) groups is 2. The Morgan fingerprint density at radius 1 is 1.11 bits per heavy atom. The number of hydrogen-bond acceptors (Lipinski definition) is 6. The maximum atomic E-state index is 11.4. The van der Waals surface area contributed by atoms with Crippen molar-refractivity contribution in [3.8, 4) is 5.75 Å². The summed E-state index contributed by atoms with van der Waals surface area (Å²) in [5, 5.41) is 19.7. The van der Waals surface area contributed by atoms with E-state index in [1.165, 1.54) is 6.08 Å². The van der Waals surface area contributed by atoms with E-state index in [4.69, 9.17) is 19.7 Å². The van der Waals surface area contributed by atoms with Crippen LogP contribution in [-0.2, 0) is 14.3 Å². The summed E-state index contributed by atoms with van der Waals surface area (Å²) in [4.78, 5) is 22.6. The van der Waals surface area contributed by atoms with Gasteiger partial charge in [-0.3, -0.25) is 4.79 Å². The van der Waals surface area contributed by atoms with Gasteiger partial charge < -0.3 is 25.0 Å². The number of benzene rings is 1. The summed E-state index contributed by atoms with van der Waals surface area (Å²) >= 11 is 0. The third-order valence-corrected chi connectivity index (χ3v) is 3.66. The summed E-state index contributed by atoms with van der Waals surface area (Å²) in [6.45, 7) is 5.97. The van der Waals surface area contributed by atoms with Gasteiger partial charge >= 0.3 is 5.97 Å². The molecular weight excluding hydrogens is 362 g/mol. The molecule has 0 saturated heterocycles. The second kappa shape index (κ2) is 13.5. The van der Waals surface area contributed by atoms with Crippen LogP contribution in [-0.4, -0.2) is 48.1 Å². The lowest BCUT2D eigenvalue weighted by atomic mass is 10.2. The van der Waals surface area contributed by atoms with Crippen LogP contribution in [0.4, 0.5) is 0 Å². The Bertz CT molecular complexity index is 651. The van der Waals surface area contributed by atoms with Gasteiger partial charge in [0.15, 0.2) is 6.29 Å². The lowest BCUT2D eigenvalue weighted by Gasteiger charge is -2.07. The van der Waals surface area contributed by atoms with Gasteiger partial charge in [-0.1, -0.05) is 18.7 Å². The summed E-state index contributed by atoms with van der Waals surface area (Å²) < 4.78 is 10.7. The molecule has 7 heteroatoms. The second-order valence-electron chi connectivity index (χ2n) is 6.31. The molecule has 0 bridgehead atoms. The number of nitrogens with one attached hydrogen (secondary N) is 1. The summed E-state index contributed by atoms with van der Waals surface area (Å²) in [6.07, 6.45) is 5.08. The number of unbranched alkanes of at least 4 members (excludes halogenated alkanes) is 3. The molecule has 3 N–H and O–H groups in total. The van der Waals surface area contributed by atoms with Gasteiger partial charge in [-0.15, -0.1) is 0 Å². The molecule has 0 saturated carbocycles. The van der Waals surface area contributed by atoms with Crippen molar-refractivity contribution in [2.75, 3.05) is 19.8 Å². The minimum atomic E-state index is -1.56. The second-order valence-corrected chi connectivity index (χ2v) is 6.31. The Morgan fingerprint density at radius 2 is 1.75 bits per heavy atom. The third-order valence-electron chi connectivity index (χ3n) is 3.66. The number of rotatable bonds is 13. The molecule has 0 atom stereocenters. The van der Waals surface area contributed by atoms with Crippen LogP contribution < -0.4 is 10.1 Å². The Labute approximate surface area is 165 Å². The molecule has 0 aliphatic carbocycles. The van der Waals surface area contributed by atoms with Crippen LogP contribution in [0.5, 0.6) is 5.75 Å².